The average Bonchev–Trinajstić information content (AvgIpc) is 2.72. The Labute approximate surface area is 189 Å². The number of rotatable bonds is 0. The molecular weight excluding hydrogens is 408 g/mol. The molecular formula is C24H36N4O4. The van der Waals surface area contributed by atoms with E-state index in [0.29, 0.717) is 0 Å². The molecule has 0 saturated heterocycles. The van der Waals surface area contributed by atoms with E-state index in [-0.39, 0.29) is 47.6 Å². The molecule has 0 radical (unpaired) electrons. The highest BCUT2D eigenvalue weighted by atomic mass is 16.3. The summed E-state index contributed by atoms with van der Waals surface area (Å²) in [6, 6.07) is 33.3. The van der Waals surface area contributed by atoms with Gasteiger partial charge in [-0.2, -0.15) is 0 Å². The smallest absolute Gasteiger partial charge is 0.0623 e. The molecule has 0 aliphatic rings. The van der Waals surface area contributed by atoms with E-state index in [1.807, 2.05) is 24.3 Å². The maximum absolute atomic E-state index is 10.3. The standard InChI is InChI=1S/4C6H6O.4H3N/c4*7-6-4-2-1-3-5-6;;;;/h4*1-5,7H;4*1H3. The van der Waals surface area contributed by atoms with Crippen LogP contribution in [0.5, 0.6) is 23.0 Å². The van der Waals surface area contributed by atoms with E-state index in [0.717, 1.165) is 0 Å². The van der Waals surface area contributed by atoms with E-state index in [2.05, 4.69) is 0 Å². The number of benzene rings is 4. The third-order valence-corrected chi connectivity index (χ3v) is 2.97. The van der Waals surface area contributed by atoms with Crippen LogP contribution in [0.1, 0.15) is 0 Å². The summed E-state index contributed by atoms with van der Waals surface area (Å²) in [6.45, 7) is 0. The van der Waals surface area contributed by atoms with Gasteiger partial charge in [-0.15, -0.1) is 23.0 Å². The molecule has 0 heterocycles. The summed E-state index contributed by atoms with van der Waals surface area (Å²) < 4.78 is 0. The SMILES string of the molecule is [NH4+].[NH4+].[NH4+].[NH4+].[O-]c1ccccc1.[O-]c1ccccc1.[O-]c1ccccc1.[O-]c1ccccc1. The maximum atomic E-state index is 10.3. The fraction of sp³-hybridized carbons (Fsp3) is 0. The van der Waals surface area contributed by atoms with Crippen molar-refractivity contribution in [2.24, 2.45) is 0 Å². The average molecular weight is 445 g/mol. The van der Waals surface area contributed by atoms with Gasteiger partial charge in [0.1, 0.15) is 0 Å². The fourth-order valence-electron chi connectivity index (χ4n) is 1.68. The summed E-state index contributed by atoms with van der Waals surface area (Å²) in [5.74, 6) is 0.287. The quantitative estimate of drug-likeness (QED) is 0.305. The van der Waals surface area contributed by atoms with Crippen molar-refractivity contribution >= 4 is 0 Å². The highest BCUT2D eigenvalue weighted by Crippen LogP contribution is 2.00. The van der Waals surface area contributed by atoms with Gasteiger partial charge in [-0.1, -0.05) is 121 Å². The molecule has 8 heteroatoms. The molecule has 0 bridgehead atoms. The van der Waals surface area contributed by atoms with Gasteiger partial charge < -0.3 is 45.0 Å². The van der Waals surface area contributed by atoms with Gasteiger partial charge in [-0.25, -0.2) is 0 Å². The summed E-state index contributed by atoms with van der Waals surface area (Å²) in [6.07, 6.45) is 0. The van der Waals surface area contributed by atoms with Crippen LogP contribution in [0.4, 0.5) is 0 Å². The second kappa shape index (κ2) is 23.2. The lowest BCUT2D eigenvalue weighted by Crippen LogP contribution is -1.85. The molecule has 0 amide bonds. The van der Waals surface area contributed by atoms with E-state index in [9.17, 15) is 20.4 Å². The number of hydrogen-bond donors (Lipinski definition) is 4. The minimum atomic E-state index is 0. The molecule has 4 rings (SSSR count). The Morgan fingerprint density at radius 3 is 0.438 bits per heavy atom. The van der Waals surface area contributed by atoms with Crippen LogP contribution in [-0.2, 0) is 0 Å². The summed E-state index contributed by atoms with van der Waals surface area (Å²) in [4.78, 5) is 0. The molecule has 16 N–H and O–H groups in total. The third-order valence-electron chi connectivity index (χ3n) is 2.97. The van der Waals surface area contributed by atoms with Crippen LogP contribution in [0, 0.1) is 0 Å². The Hall–Kier alpha value is -4.08. The molecule has 0 aromatic heterocycles. The highest BCUT2D eigenvalue weighted by molar-refractivity contribution is 5.18. The van der Waals surface area contributed by atoms with Crippen LogP contribution in [0.15, 0.2) is 121 Å². The molecule has 0 aliphatic carbocycles. The van der Waals surface area contributed by atoms with Crippen molar-refractivity contribution in [2.75, 3.05) is 0 Å². The minimum absolute atomic E-state index is 0. The van der Waals surface area contributed by atoms with E-state index in [4.69, 9.17) is 0 Å². The van der Waals surface area contributed by atoms with Crippen molar-refractivity contribution in [3.8, 4) is 23.0 Å². The first-order valence-corrected chi connectivity index (χ1v) is 8.46. The van der Waals surface area contributed by atoms with Crippen molar-refractivity contribution in [3.63, 3.8) is 0 Å². The van der Waals surface area contributed by atoms with Crippen LogP contribution < -0.4 is 45.0 Å². The summed E-state index contributed by atoms with van der Waals surface area (Å²) >= 11 is 0. The lowest BCUT2D eigenvalue weighted by Gasteiger charge is -1.98. The molecule has 0 fully saturated rings. The summed E-state index contributed by atoms with van der Waals surface area (Å²) in [5, 5.41) is 41.1. The van der Waals surface area contributed by atoms with Crippen molar-refractivity contribution in [1.82, 2.24) is 24.6 Å². The highest BCUT2D eigenvalue weighted by Gasteiger charge is 1.66. The lowest BCUT2D eigenvalue weighted by atomic mass is 10.3. The minimum Gasteiger partial charge on any atom is -0.872 e. The van der Waals surface area contributed by atoms with Gasteiger partial charge in [0.2, 0.25) is 0 Å². The van der Waals surface area contributed by atoms with E-state index in [1.54, 1.807) is 48.5 Å². The van der Waals surface area contributed by atoms with Gasteiger partial charge in [0.05, 0.1) is 0 Å². The Kier molecular flexibility index (Phi) is 25.6. The molecule has 8 nitrogen and oxygen atoms in total. The summed E-state index contributed by atoms with van der Waals surface area (Å²) in [7, 11) is 0. The van der Waals surface area contributed by atoms with Gasteiger partial charge in [0.25, 0.3) is 0 Å². The molecule has 0 spiro atoms. The van der Waals surface area contributed by atoms with Crippen molar-refractivity contribution in [3.05, 3.63) is 121 Å². The molecule has 0 saturated carbocycles. The van der Waals surface area contributed by atoms with E-state index >= 15 is 0 Å². The van der Waals surface area contributed by atoms with E-state index < -0.39 is 0 Å². The van der Waals surface area contributed by atoms with Gasteiger partial charge in [0.15, 0.2) is 0 Å². The van der Waals surface area contributed by atoms with Gasteiger partial charge in [0, 0.05) is 0 Å². The fourth-order valence-corrected chi connectivity index (χ4v) is 1.68. The molecule has 0 unspecified atom stereocenters. The van der Waals surface area contributed by atoms with Gasteiger partial charge >= 0.3 is 0 Å². The van der Waals surface area contributed by atoms with Crippen LogP contribution in [0.25, 0.3) is 0 Å². The first-order valence-electron chi connectivity index (χ1n) is 8.46. The predicted octanol–water partition coefficient (Wildman–Crippen LogP) is 4.55. The van der Waals surface area contributed by atoms with Crippen molar-refractivity contribution in [2.45, 2.75) is 0 Å². The second-order valence-electron chi connectivity index (χ2n) is 5.25. The first-order chi connectivity index (χ1) is 13.6. The van der Waals surface area contributed by atoms with Crippen molar-refractivity contribution < 1.29 is 20.4 Å². The zero-order valence-corrected chi connectivity index (χ0v) is 19.2. The second-order valence-corrected chi connectivity index (χ2v) is 5.25. The Morgan fingerprint density at radius 1 is 0.250 bits per heavy atom. The zero-order chi connectivity index (χ0) is 20.5. The Balaban J connectivity index is -0.000000157. The topological polar surface area (TPSA) is 238 Å². The Bertz CT molecular complexity index is 704. The lowest BCUT2D eigenvalue weighted by molar-refractivity contribution is -0.269. The van der Waals surface area contributed by atoms with Crippen molar-refractivity contribution in [1.29, 1.82) is 0 Å². The molecule has 0 aliphatic heterocycles. The predicted molar refractivity (Wildman–Crippen MR) is 127 cm³/mol. The molecule has 32 heavy (non-hydrogen) atoms. The largest absolute Gasteiger partial charge is 0.872 e. The molecule has 4 aromatic carbocycles. The van der Waals surface area contributed by atoms with Crippen LogP contribution in [0.2, 0.25) is 0 Å². The zero-order valence-electron chi connectivity index (χ0n) is 19.2. The summed E-state index contributed by atoms with van der Waals surface area (Å²) in [5.41, 5.74) is 0. The normalized spacial score (nSPS) is 7.50. The monoisotopic (exact) mass is 444 g/mol. The van der Waals surface area contributed by atoms with Gasteiger partial charge in [-0.3, -0.25) is 0 Å². The molecule has 176 valence electrons. The number of para-hydroxylation sites is 4. The third kappa shape index (κ3) is 20.6. The van der Waals surface area contributed by atoms with Crippen LogP contribution in [0.3, 0.4) is 0 Å². The number of hydrogen-bond acceptors (Lipinski definition) is 4. The van der Waals surface area contributed by atoms with E-state index in [1.165, 1.54) is 48.5 Å². The van der Waals surface area contributed by atoms with Crippen LogP contribution in [-0.4, -0.2) is 0 Å². The Morgan fingerprint density at radius 2 is 0.375 bits per heavy atom. The van der Waals surface area contributed by atoms with Crippen LogP contribution >= 0.6 is 0 Å². The molecule has 4 aromatic rings. The number of quaternary nitrogens is 4. The maximum Gasteiger partial charge on any atom is -0.0623 e. The first kappa shape index (κ1) is 35.4. The molecule has 0 atom stereocenters. The van der Waals surface area contributed by atoms with Gasteiger partial charge in [-0.05, 0) is 0 Å².